The smallest absolute Gasteiger partial charge is 0.231 e. The number of anilines is 1. The molecular weight excluding hydrogens is 202 g/mol. The Morgan fingerprint density at radius 1 is 1.56 bits per heavy atom. The molecule has 0 saturated heterocycles. The quantitative estimate of drug-likeness (QED) is 0.813. The summed E-state index contributed by atoms with van der Waals surface area (Å²) in [5.41, 5.74) is 6.75. The SMILES string of the molecule is CCC(C)(CN)C(=O)Nc1ccc(C)nc1. The second-order valence-corrected chi connectivity index (χ2v) is 4.26. The van der Waals surface area contributed by atoms with Crippen molar-refractivity contribution in [2.24, 2.45) is 11.1 Å². The largest absolute Gasteiger partial charge is 0.329 e. The third-order valence-corrected chi connectivity index (χ3v) is 2.95. The molecule has 0 spiro atoms. The van der Waals surface area contributed by atoms with E-state index in [0.717, 1.165) is 5.69 Å². The standard InChI is InChI=1S/C12H19N3O/c1-4-12(3,8-13)11(16)15-10-6-5-9(2)14-7-10/h5-7H,4,8,13H2,1-3H3,(H,15,16). The molecule has 0 aliphatic rings. The van der Waals surface area contributed by atoms with Crippen LogP contribution in [0.1, 0.15) is 26.0 Å². The molecule has 1 rings (SSSR count). The van der Waals surface area contributed by atoms with Gasteiger partial charge in [0.25, 0.3) is 0 Å². The summed E-state index contributed by atoms with van der Waals surface area (Å²) in [6, 6.07) is 3.70. The van der Waals surface area contributed by atoms with E-state index in [0.29, 0.717) is 18.7 Å². The highest BCUT2D eigenvalue weighted by molar-refractivity contribution is 5.95. The van der Waals surface area contributed by atoms with E-state index in [4.69, 9.17) is 5.73 Å². The lowest BCUT2D eigenvalue weighted by Gasteiger charge is -2.24. The molecule has 0 aromatic carbocycles. The first-order valence-corrected chi connectivity index (χ1v) is 5.46. The number of hydrogen-bond acceptors (Lipinski definition) is 3. The second kappa shape index (κ2) is 5.07. The maximum absolute atomic E-state index is 12.0. The molecule has 1 amide bonds. The Bertz CT molecular complexity index is 355. The number of hydrogen-bond donors (Lipinski definition) is 2. The van der Waals surface area contributed by atoms with Gasteiger partial charge in [-0.25, -0.2) is 0 Å². The molecule has 0 fully saturated rings. The number of nitrogens with zero attached hydrogens (tertiary/aromatic N) is 1. The third-order valence-electron chi connectivity index (χ3n) is 2.95. The van der Waals surface area contributed by atoms with Crippen LogP contribution in [0.2, 0.25) is 0 Å². The van der Waals surface area contributed by atoms with Crippen LogP contribution in [0.4, 0.5) is 5.69 Å². The van der Waals surface area contributed by atoms with Crippen molar-refractivity contribution in [1.29, 1.82) is 0 Å². The zero-order valence-electron chi connectivity index (χ0n) is 10.1. The van der Waals surface area contributed by atoms with Gasteiger partial charge in [0.2, 0.25) is 5.91 Å². The molecule has 4 nitrogen and oxygen atoms in total. The van der Waals surface area contributed by atoms with Crippen molar-refractivity contribution in [2.75, 3.05) is 11.9 Å². The van der Waals surface area contributed by atoms with Crippen molar-refractivity contribution in [1.82, 2.24) is 4.98 Å². The van der Waals surface area contributed by atoms with E-state index < -0.39 is 5.41 Å². The Morgan fingerprint density at radius 3 is 2.69 bits per heavy atom. The van der Waals surface area contributed by atoms with Crippen LogP contribution < -0.4 is 11.1 Å². The first-order chi connectivity index (χ1) is 7.51. The number of nitrogens with two attached hydrogens (primary N) is 1. The maximum Gasteiger partial charge on any atom is 0.231 e. The summed E-state index contributed by atoms with van der Waals surface area (Å²) in [4.78, 5) is 16.1. The monoisotopic (exact) mass is 221 g/mol. The van der Waals surface area contributed by atoms with Gasteiger partial charge in [-0.2, -0.15) is 0 Å². The van der Waals surface area contributed by atoms with Gasteiger partial charge >= 0.3 is 0 Å². The molecule has 0 aliphatic carbocycles. The zero-order valence-corrected chi connectivity index (χ0v) is 10.1. The van der Waals surface area contributed by atoms with Gasteiger partial charge < -0.3 is 11.1 Å². The minimum Gasteiger partial charge on any atom is -0.329 e. The second-order valence-electron chi connectivity index (χ2n) is 4.26. The molecule has 16 heavy (non-hydrogen) atoms. The van der Waals surface area contributed by atoms with Crippen LogP contribution in [0.15, 0.2) is 18.3 Å². The Hall–Kier alpha value is -1.42. The number of pyridine rings is 1. The van der Waals surface area contributed by atoms with E-state index in [-0.39, 0.29) is 5.91 Å². The summed E-state index contributed by atoms with van der Waals surface area (Å²) < 4.78 is 0. The van der Waals surface area contributed by atoms with Gasteiger partial charge in [0.15, 0.2) is 0 Å². The van der Waals surface area contributed by atoms with Gasteiger partial charge in [-0.3, -0.25) is 9.78 Å². The fraction of sp³-hybridized carbons (Fsp3) is 0.500. The van der Waals surface area contributed by atoms with Gasteiger partial charge in [0.05, 0.1) is 17.3 Å². The van der Waals surface area contributed by atoms with E-state index >= 15 is 0 Å². The maximum atomic E-state index is 12.0. The summed E-state index contributed by atoms with van der Waals surface area (Å²) >= 11 is 0. The van der Waals surface area contributed by atoms with E-state index in [1.807, 2.05) is 32.9 Å². The van der Waals surface area contributed by atoms with Crippen molar-refractivity contribution in [3.63, 3.8) is 0 Å². The highest BCUT2D eigenvalue weighted by Crippen LogP contribution is 2.21. The lowest BCUT2D eigenvalue weighted by Crippen LogP contribution is -2.39. The molecule has 1 heterocycles. The van der Waals surface area contributed by atoms with Crippen LogP contribution in [-0.4, -0.2) is 17.4 Å². The summed E-state index contributed by atoms with van der Waals surface area (Å²) in [6.45, 7) is 6.07. The van der Waals surface area contributed by atoms with Crippen LogP contribution in [0.25, 0.3) is 0 Å². The molecule has 88 valence electrons. The lowest BCUT2D eigenvalue weighted by molar-refractivity contribution is -0.124. The fourth-order valence-corrected chi connectivity index (χ4v) is 1.22. The first-order valence-electron chi connectivity index (χ1n) is 5.46. The Kier molecular flexibility index (Phi) is 4.01. The summed E-state index contributed by atoms with van der Waals surface area (Å²) in [7, 11) is 0. The number of amides is 1. The van der Waals surface area contributed by atoms with Crippen molar-refractivity contribution < 1.29 is 4.79 Å². The lowest BCUT2D eigenvalue weighted by atomic mass is 9.86. The molecule has 0 aliphatic heterocycles. The molecule has 0 radical (unpaired) electrons. The minimum absolute atomic E-state index is 0.0526. The Labute approximate surface area is 96.3 Å². The summed E-state index contributed by atoms with van der Waals surface area (Å²) in [5, 5.41) is 2.83. The van der Waals surface area contributed by atoms with Crippen LogP contribution >= 0.6 is 0 Å². The van der Waals surface area contributed by atoms with Gasteiger partial charge in [0, 0.05) is 12.2 Å². The normalized spacial score (nSPS) is 14.2. The predicted octanol–water partition coefficient (Wildman–Crippen LogP) is 1.70. The molecule has 1 unspecified atom stereocenters. The van der Waals surface area contributed by atoms with Crippen LogP contribution in [0.5, 0.6) is 0 Å². The van der Waals surface area contributed by atoms with Crippen LogP contribution in [0.3, 0.4) is 0 Å². The first kappa shape index (κ1) is 12.6. The zero-order chi connectivity index (χ0) is 12.2. The van der Waals surface area contributed by atoms with Gasteiger partial charge in [-0.15, -0.1) is 0 Å². The fourth-order valence-electron chi connectivity index (χ4n) is 1.22. The van der Waals surface area contributed by atoms with Crippen LogP contribution in [-0.2, 0) is 4.79 Å². The number of aryl methyl sites for hydroxylation is 1. The van der Waals surface area contributed by atoms with E-state index in [9.17, 15) is 4.79 Å². The predicted molar refractivity (Wildman–Crippen MR) is 65.1 cm³/mol. The summed E-state index contributed by atoms with van der Waals surface area (Å²) in [5.74, 6) is -0.0526. The molecule has 4 heteroatoms. The number of rotatable bonds is 4. The summed E-state index contributed by atoms with van der Waals surface area (Å²) in [6.07, 6.45) is 2.37. The number of nitrogens with one attached hydrogen (secondary N) is 1. The van der Waals surface area contributed by atoms with E-state index in [1.165, 1.54) is 0 Å². The minimum atomic E-state index is -0.509. The van der Waals surface area contributed by atoms with Crippen molar-refractivity contribution >= 4 is 11.6 Å². The number of carbonyl (C=O) groups excluding carboxylic acids is 1. The Morgan fingerprint density at radius 2 is 2.25 bits per heavy atom. The van der Waals surface area contributed by atoms with E-state index in [2.05, 4.69) is 10.3 Å². The van der Waals surface area contributed by atoms with E-state index in [1.54, 1.807) is 6.20 Å². The molecule has 0 saturated carbocycles. The topological polar surface area (TPSA) is 68.0 Å². The Balaban J connectivity index is 2.74. The third kappa shape index (κ3) is 2.79. The number of carbonyl (C=O) groups is 1. The van der Waals surface area contributed by atoms with Crippen LogP contribution in [0, 0.1) is 12.3 Å². The molecule has 0 bridgehead atoms. The van der Waals surface area contributed by atoms with Gasteiger partial charge in [0.1, 0.15) is 0 Å². The van der Waals surface area contributed by atoms with Crippen molar-refractivity contribution in [2.45, 2.75) is 27.2 Å². The van der Waals surface area contributed by atoms with Crippen molar-refractivity contribution in [3.05, 3.63) is 24.0 Å². The average Bonchev–Trinajstić information content (AvgIpc) is 2.31. The highest BCUT2D eigenvalue weighted by atomic mass is 16.2. The molecule has 3 N–H and O–H groups in total. The molecular formula is C12H19N3O. The van der Waals surface area contributed by atoms with Gasteiger partial charge in [-0.1, -0.05) is 6.92 Å². The molecule has 1 atom stereocenters. The average molecular weight is 221 g/mol. The molecule has 1 aromatic rings. The highest BCUT2D eigenvalue weighted by Gasteiger charge is 2.29. The molecule has 1 aromatic heterocycles. The number of aromatic nitrogens is 1. The van der Waals surface area contributed by atoms with Crippen molar-refractivity contribution in [3.8, 4) is 0 Å². The van der Waals surface area contributed by atoms with Gasteiger partial charge in [-0.05, 0) is 32.4 Å².